The summed E-state index contributed by atoms with van der Waals surface area (Å²) in [6.07, 6.45) is 3.88. The first-order valence-corrected chi connectivity index (χ1v) is 6.95. The molecule has 6 heteroatoms. The number of nitrogens with two attached hydrogens (primary N) is 1. The van der Waals surface area contributed by atoms with Gasteiger partial charge in [0.15, 0.2) is 0 Å². The molecule has 5 nitrogen and oxygen atoms in total. The second-order valence-corrected chi connectivity index (χ2v) is 5.86. The summed E-state index contributed by atoms with van der Waals surface area (Å²) in [5.41, 5.74) is 5.86. The normalized spacial score (nSPS) is 27.9. The Hall–Kier alpha value is -0.170. The Morgan fingerprint density at radius 2 is 2.07 bits per heavy atom. The fourth-order valence-electron chi connectivity index (χ4n) is 1.79. The fourth-order valence-corrected chi connectivity index (χ4v) is 3.05. The number of methoxy groups -OCH3 is 1. The van der Waals surface area contributed by atoms with Gasteiger partial charge in [-0.3, -0.25) is 0 Å². The highest BCUT2D eigenvalue weighted by Gasteiger charge is 2.25. The second-order valence-electron chi connectivity index (χ2n) is 3.98. The summed E-state index contributed by atoms with van der Waals surface area (Å²) in [5.74, 6) is 0.00667. The third kappa shape index (κ3) is 4.46. The van der Waals surface area contributed by atoms with Gasteiger partial charge in [0.25, 0.3) is 0 Å². The highest BCUT2D eigenvalue weighted by Crippen LogP contribution is 2.17. The zero-order valence-electron chi connectivity index (χ0n) is 9.11. The van der Waals surface area contributed by atoms with Gasteiger partial charge in [-0.05, 0) is 12.8 Å². The molecule has 0 aromatic carbocycles. The van der Waals surface area contributed by atoms with Crippen molar-refractivity contribution < 1.29 is 13.2 Å². The predicted octanol–water partition coefficient (Wildman–Crippen LogP) is -0.178. The van der Waals surface area contributed by atoms with Crippen LogP contribution in [-0.2, 0) is 14.8 Å². The zero-order valence-corrected chi connectivity index (χ0v) is 9.92. The van der Waals surface area contributed by atoms with Crippen molar-refractivity contribution in [2.45, 2.75) is 37.8 Å². The van der Waals surface area contributed by atoms with Crippen LogP contribution < -0.4 is 10.5 Å². The van der Waals surface area contributed by atoms with Crippen LogP contribution >= 0.6 is 0 Å². The molecule has 0 saturated heterocycles. The molecule has 0 radical (unpaired) electrons. The van der Waals surface area contributed by atoms with E-state index in [9.17, 15) is 8.42 Å². The van der Waals surface area contributed by atoms with E-state index in [1.54, 1.807) is 0 Å². The van der Waals surface area contributed by atoms with Crippen molar-refractivity contribution in [3.05, 3.63) is 0 Å². The Labute approximate surface area is 91.4 Å². The molecule has 0 aromatic rings. The molecule has 0 amide bonds. The minimum Gasteiger partial charge on any atom is -0.384 e. The molecule has 15 heavy (non-hydrogen) atoms. The van der Waals surface area contributed by atoms with Crippen LogP contribution in [0.2, 0.25) is 0 Å². The van der Waals surface area contributed by atoms with Crippen molar-refractivity contribution in [2.24, 2.45) is 5.73 Å². The average molecular weight is 236 g/mol. The lowest BCUT2D eigenvalue weighted by Crippen LogP contribution is -2.50. The Bertz CT molecular complexity index is 279. The Morgan fingerprint density at radius 1 is 1.40 bits per heavy atom. The summed E-state index contributed by atoms with van der Waals surface area (Å²) in [4.78, 5) is 0. The first kappa shape index (κ1) is 12.9. The number of hydrogen-bond acceptors (Lipinski definition) is 4. The molecule has 1 saturated carbocycles. The van der Waals surface area contributed by atoms with Crippen molar-refractivity contribution in [3.63, 3.8) is 0 Å². The number of sulfonamides is 1. The molecular weight excluding hydrogens is 216 g/mol. The monoisotopic (exact) mass is 236 g/mol. The highest BCUT2D eigenvalue weighted by molar-refractivity contribution is 7.89. The standard InChI is InChI=1S/C9H20N2O3S/c1-14-6-7-15(12,13)11-9-5-3-2-4-8(9)10/h8-9,11H,2-7,10H2,1H3/t8-,9-/m1/s1. The molecule has 1 aliphatic carbocycles. The van der Waals surface area contributed by atoms with Gasteiger partial charge in [0.05, 0.1) is 12.4 Å². The van der Waals surface area contributed by atoms with Crippen molar-refractivity contribution in [2.75, 3.05) is 19.5 Å². The maximum atomic E-state index is 11.6. The Morgan fingerprint density at radius 3 is 2.67 bits per heavy atom. The summed E-state index contributed by atoms with van der Waals surface area (Å²) in [5, 5.41) is 0. The van der Waals surface area contributed by atoms with Gasteiger partial charge in [0, 0.05) is 19.2 Å². The molecule has 2 atom stereocenters. The smallest absolute Gasteiger partial charge is 0.214 e. The summed E-state index contributed by atoms with van der Waals surface area (Å²) < 4.78 is 30.5. The van der Waals surface area contributed by atoms with Crippen LogP contribution in [-0.4, -0.2) is 40.0 Å². The molecule has 0 aromatic heterocycles. The van der Waals surface area contributed by atoms with Crippen LogP contribution in [0.1, 0.15) is 25.7 Å². The van der Waals surface area contributed by atoms with Crippen LogP contribution in [0.4, 0.5) is 0 Å². The quantitative estimate of drug-likeness (QED) is 0.694. The van der Waals surface area contributed by atoms with Gasteiger partial charge in [0.1, 0.15) is 0 Å². The SMILES string of the molecule is COCCS(=O)(=O)N[C@@H]1CCCC[C@H]1N. The van der Waals surface area contributed by atoms with Gasteiger partial charge in [-0.15, -0.1) is 0 Å². The van der Waals surface area contributed by atoms with Crippen molar-refractivity contribution in [3.8, 4) is 0 Å². The van der Waals surface area contributed by atoms with E-state index in [0.29, 0.717) is 0 Å². The molecule has 1 aliphatic rings. The molecule has 0 unspecified atom stereocenters. The molecule has 3 N–H and O–H groups in total. The Kier molecular flexibility index (Phi) is 4.98. The lowest BCUT2D eigenvalue weighted by molar-refractivity contribution is 0.216. The van der Waals surface area contributed by atoms with E-state index in [0.717, 1.165) is 25.7 Å². The van der Waals surface area contributed by atoms with E-state index < -0.39 is 10.0 Å². The van der Waals surface area contributed by atoms with E-state index in [2.05, 4.69) is 4.72 Å². The third-order valence-corrected chi connectivity index (χ3v) is 4.07. The molecule has 1 rings (SSSR count). The van der Waals surface area contributed by atoms with E-state index >= 15 is 0 Å². The van der Waals surface area contributed by atoms with Crippen LogP contribution in [0.5, 0.6) is 0 Å². The predicted molar refractivity (Wildman–Crippen MR) is 59.0 cm³/mol. The van der Waals surface area contributed by atoms with E-state index in [1.165, 1.54) is 7.11 Å². The first-order chi connectivity index (χ1) is 7.05. The molecule has 90 valence electrons. The number of nitrogens with one attached hydrogen (secondary N) is 1. The summed E-state index contributed by atoms with van der Waals surface area (Å²) in [6, 6.07) is -0.142. The van der Waals surface area contributed by atoms with Crippen LogP contribution in [0.15, 0.2) is 0 Å². The minimum atomic E-state index is -3.23. The van der Waals surface area contributed by atoms with E-state index in [4.69, 9.17) is 10.5 Å². The van der Waals surface area contributed by atoms with Gasteiger partial charge in [-0.2, -0.15) is 0 Å². The second kappa shape index (κ2) is 5.79. The highest BCUT2D eigenvalue weighted by atomic mass is 32.2. The summed E-state index contributed by atoms with van der Waals surface area (Å²) in [6.45, 7) is 0.220. The van der Waals surface area contributed by atoms with Gasteiger partial charge in [-0.25, -0.2) is 13.1 Å². The van der Waals surface area contributed by atoms with Crippen molar-refractivity contribution in [1.82, 2.24) is 4.72 Å². The van der Waals surface area contributed by atoms with Gasteiger partial charge in [0.2, 0.25) is 10.0 Å². The zero-order chi connectivity index (χ0) is 11.3. The van der Waals surface area contributed by atoms with Gasteiger partial charge < -0.3 is 10.5 Å². The minimum absolute atomic E-state index is 0.00667. The number of hydrogen-bond donors (Lipinski definition) is 2. The van der Waals surface area contributed by atoms with Gasteiger partial charge in [-0.1, -0.05) is 12.8 Å². The van der Waals surface area contributed by atoms with E-state index in [1.807, 2.05) is 0 Å². The molecule has 0 aliphatic heterocycles. The Balaban J connectivity index is 2.44. The van der Waals surface area contributed by atoms with Crippen LogP contribution in [0, 0.1) is 0 Å². The van der Waals surface area contributed by atoms with Gasteiger partial charge >= 0.3 is 0 Å². The summed E-state index contributed by atoms with van der Waals surface area (Å²) >= 11 is 0. The maximum absolute atomic E-state index is 11.6. The largest absolute Gasteiger partial charge is 0.384 e. The van der Waals surface area contributed by atoms with Crippen molar-refractivity contribution >= 4 is 10.0 Å². The molecular formula is C9H20N2O3S. The van der Waals surface area contributed by atoms with Crippen LogP contribution in [0.3, 0.4) is 0 Å². The molecule has 0 spiro atoms. The maximum Gasteiger partial charge on any atom is 0.214 e. The van der Waals surface area contributed by atoms with Crippen molar-refractivity contribution in [1.29, 1.82) is 0 Å². The lowest BCUT2D eigenvalue weighted by atomic mass is 9.92. The molecule has 0 bridgehead atoms. The first-order valence-electron chi connectivity index (χ1n) is 5.29. The average Bonchev–Trinajstić information content (AvgIpc) is 2.18. The summed E-state index contributed by atoms with van der Waals surface area (Å²) in [7, 11) is -1.74. The number of ether oxygens (including phenoxy) is 1. The van der Waals surface area contributed by atoms with Crippen LogP contribution in [0.25, 0.3) is 0 Å². The third-order valence-electron chi connectivity index (χ3n) is 2.71. The topological polar surface area (TPSA) is 81.4 Å². The fraction of sp³-hybridized carbons (Fsp3) is 1.00. The molecule has 0 heterocycles. The molecule has 1 fully saturated rings. The lowest BCUT2D eigenvalue weighted by Gasteiger charge is -2.28. The number of rotatable bonds is 5. The van der Waals surface area contributed by atoms with E-state index in [-0.39, 0.29) is 24.4 Å².